The van der Waals surface area contributed by atoms with Crippen LogP contribution in [0.2, 0.25) is 0 Å². The summed E-state index contributed by atoms with van der Waals surface area (Å²) >= 11 is 1.16. The summed E-state index contributed by atoms with van der Waals surface area (Å²) in [6.07, 6.45) is 3.57. The molecule has 1 aromatic heterocycles. The van der Waals surface area contributed by atoms with Gasteiger partial charge in [0.2, 0.25) is 0 Å². The number of sulfonamides is 1. The molecular formula is C24H25FN2O4S2. The number of carbonyl (C=O) groups excluding carboxylic acids is 1. The van der Waals surface area contributed by atoms with Crippen LogP contribution in [0, 0.1) is 5.82 Å². The highest BCUT2D eigenvalue weighted by Crippen LogP contribution is 2.38. The van der Waals surface area contributed by atoms with Crippen molar-refractivity contribution in [3.8, 4) is 5.75 Å². The number of thiophene rings is 1. The van der Waals surface area contributed by atoms with Gasteiger partial charge in [0.25, 0.3) is 15.9 Å². The van der Waals surface area contributed by atoms with Crippen molar-refractivity contribution < 1.29 is 22.3 Å². The third-order valence-electron chi connectivity index (χ3n) is 5.91. The molecule has 6 nitrogen and oxygen atoms in total. The van der Waals surface area contributed by atoms with Gasteiger partial charge >= 0.3 is 0 Å². The number of carbonyl (C=O) groups is 1. The van der Waals surface area contributed by atoms with Gasteiger partial charge in [0.1, 0.15) is 15.8 Å². The van der Waals surface area contributed by atoms with Crippen LogP contribution < -0.4 is 14.4 Å². The Kier molecular flexibility index (Phi) is 6.71. The number of nitrogens with zero attached hydrogens (tertiary/aromatic N) is 1. The lowest BCUT2D eigenvalue weighted by Crippen LogP contribution is -2.45. The molecule has 1 amide bonds. The fourth-order valence-electron chi connectivity index (χ4n) is 4.12. The van der Waals surface area contributed by atoms with Gasteiger partial charge in [-0.1, -0.05) is 31.0 Å². The SMILES string of the molecule is CN(c1ccc(OCC(=O)NC2(c3ccc(F)cc3)CCCC2)cc1)S(=O)(=O)c1cccs1. The fraction of sp³-hybridized carbons (Fsp3) is 0.292. The standard InChI is InChI=1S/C24H25FN2O4S2/c1-27(33(29,30)23-5-4-16-32-23)20-10-12-21(13-11-20)31-17-22(28)26-24(14-2-3-15-24)18-6-8-19(25)9-7-18/h4-13,16H,2-3,14-15,17H2,1H3,(H,26,28). The van der Waals surface area contributed by atoms with Crippen molar-refractivity contribution in [1.82, 2.24) is 5.32 Å². The van der Waals surface area contributed by atoms with Crippen molar-refractivity contribution in [2.45, 2.75) is 35.4 Å². The second-order valence-electron chi connectivity index (χ2n) is 8.03. The van der Waals surface area contributed by atoms with E-state index in [1.807, 2.05) is 0 Å². The minimum atomic E-state index is -3.61. The van der Waals surface area contributed by atoms with Crippen molar-refractivity contribution >= 4 is 33.0 Å². The zero-order valence-electron chi connectivity index (χ0n) is 18.2. The third-order valence-corrected chi connectivity index (χ3v) is 9.07. The summed E-state index contributed by atoms with van der Waals surface area (Å²) < 4.78 is 45.8. The fourth-order valence-corrected chi connectivity index (χ4v) is 6.48. The normalized spacial score (nSPS) is 15.2. The first kappa shape index (κ1) is 23.3. The predicted octanol–water partition coefficient (Wildman–Crippen LogP) is 4.68. The Hall–Kier alpha value is -2.91. The second-order valence-corrected chi connectivity index (χ2v) is 11.2. The Labute approximate surface area is 197 Å². The molecule has 2 aromatic carbocycles. The zero-order chi connectivity index (χ0) is 23.5. The maximum Gasteiger partial charge on any atom is 0.273 e. The topological polar surface area (TPSA) is 75.7 Å². The minimum absolute atomic E-state index is 0.175. The molecule has 9 heteroatoms. The summed E-state index contributed by atoms with van der Waals surface area (Å²) in [5, 5.41) is 4.81. The number of halogens is 1. The Bertz CT molecular complexity index is 1190. The summed E-state index contributed by atoms with van der Waals surface area (Å²) in [6.45, 7) is -0.175. The molecule has 1 N–H and O–H groups in total. The van der Waals surface area contributed by atoms with Gasteiger partial charge in [-0.2, -0.15) is 0 Å². The average molecular weight is 489 g/mol. The number of anilines is 1. The maximum absolute atomic E-state index is 13.3. The van der Waals surface area contributed by atoms with Gasteiger partial charge in [0.05, 0.1) is 11.2 Å². The van der Waals surface area contributed by atoms with E-state index >= 15 is 0 Å². The molecule has 33 heavy (non-hydrogen) atoms. The van der Waals surface area contributed by atoms with Crippen molar-refractivity contribution in [2.75, 3.05) is 18.0 Å². The number of rotatable bonds is 8. The molecule has 3 aromatic rings. The molecule has 1 aliphatic rings. The van der Waals surface area contributed by atoms with Crippen LogP contribution in [0.1, 0.15) is 31.2 Å². The van der Waals surface area contributed by atoms with E-state index in [1.165, 1.54) is 23.5 Å². The van der Waals surface area contributed by atoms with Crippen LogP contribution in [0.25, 0.3) is 0 Å². The Morgan fingerprint density at radius 3 is 2.36 bits per heavy atom. The number of benzene rings is 2. The van der Waals surface area contributed by atoms with E-state index in [4.69, 9.17) is 4.74 Å². The molecular weight excluding hydrogens is 463 g/mol. The molecule has 0 unspecified atom stereocenters. The van der Waals surface area contributed by atoms with Crippen LogP contribution in [0.5, 0.6) is 5.75 Å². The highest BCUT2D eigenvalue weighted by atomic mass is 32.2. The Morgan fingerprint density at radius 2 is 1.76 bits per heavy atom. The monoisotopic (exact) mass is 488 g/mol. The van der Waals surface area contributed by atoms with E-state index in [0.717, 1.165) is 42.6 Å². The van der Waals surface area contributed by atoms with Crippen molar-refractivity contribution in [2.24, 2.45) is 0 Å². The lowest BCUT2D eigenvalue weighted by atomic mass is 9.88. The smallest absolute Gasteiger partial charge is 0.273 e. The Balaban J connectivity index is 1.38. The quantitative estimate of drug-likeness (QED) is 0.500. The van der Waals surface area contributed by atoms with Crippen LogP contribution in [0.15, 0.2) is 70.3 Å². The van der Waals surface area contributed by atoms with Gasteiger partial charge in [-0.15, -0.1) is 11.3 Å². The summed E-state index contributed by atoms with van der Waals surface area (Å²) in [4.78, 5) is 12.7. The summed E-state index contributed by atoms with van der Waals surface area (Å²) in [7, 11) is -2.12. The van der Waals surface area contributed by atoms with Crippen molar-refractivity contribution in [1.29, 1.82) is 0 Å². The molecule has 0 radical (unpaired) electrons. The molecule has 174 valence electrons. The molecule has 0 saturated heterocycles. The third kappa shape index (κ3) is 5.04. The second kappa shape index (κ2) is 9.52. The first-order valence-corrected chi connectivity index (χ1v) is 12.9. The molecule has 1 heterocycles. The summed E-state index contributed by atoms with van der Waals surface area (Å²) in [5.41, 5.74) is 0.882. The first-order chi connectivity index (χ1) is 15.8. The number of hydrogen-bond donors (Lipinski definition) is 1. The molecule has 1 saturated carbocycles. The van der Waals surface area contributed by atoms with Gasteiger partial charge < -0.3 is 10.1 Å². The van der Waals surface area contributed by atoms with Crippen LogP contribution in [-0.2, 0) is 20.4 Å². The van der Waals surface area contributed by atoms with Crippen LogP contribution in [0.3, 0.4) is 0 Å². The van der Waals surface area contributed by atoms with E-state index in [-0.39, 0.29) is 22.5 Å². The molecule has 4 rings (SSSR count). The van der Waals surface area contributed by atoms with Gasteiger partial charge in [0.15, 0.2) is 6.61 Å². The highest BCUT2D eigenvalue weighted by molar-refractivity contribution is 7.94. The van der Waals surface area contributed by atoms with E-state index in [9.17, 15) is 17.6 Å². The average Bonchev–Trinajstić information content (AvgIpc) is 3.51. The van der Waals surface area contributed by atoms with Crippen LogP contribution in [0.4, 0.5) is 10.1 Å². The predicted molar refractivity (Wildman–Crippen MR) is 127 cm³/mol. The van der Waals surface area contributed by atoms with Gasteiger partial charge in [-0.3, -0.25) is 9.10 Å². The maximum atomic E-state index is 13.3. The van der Waals surface area contributed by atoms with E-state index in [2.05, 4.69) is 5.32 Å². The molecule has 1 aliphatic carbocycles. The number of nitrogens with one attached hydrogen (secondary N) is 1. The number of amides is 1. The molecule has 0 spiro atoms. The molecule has 0 atom stereocenters. The zero-order valence-corrected chi connectivity index (χ0v) is 19.8. The van der Waals surface area contributed by atoms with Crippen molar-refractivity contribution in [3.05, 3.63) is 77.4 Å². The molecule has 1 fully saturated rings. The van der Waals surface area contributed by atoms with Gasteiger partial charge in [-0.05, 0) is 66.2 Å². The number of hydrogen-bond acceptors (Lipinski definition) is 5. The molecule has 0 aliphatic heterocycles. The van der Waals surface area contributed by atoms with Crippen LogP contribution >= 0.6 is 11.3 Å². The minimum Gasteiger partial charge on any atom is -0.484 e. The van der Waals surface area contributed by atoms with E-state index in [1.54, 1.807) is 53.9 Å². The van der Waals surface area contributed by atoms with Gasteiger partial charge in [0, 0.05) is 7.05 Å². The van der Waals surface area contributed by atoms with E-state index in [0.29, 0.717) is 11.4 Å². The highest BCUT2D eigenvalue weighted by Gasteiger charge is 2.37. The van der Waals surface area contributed by atoms with Gasteiger partial charge in [-0.25, -0.2) is 12.8 Å². The largest absolute Gasteiger partial charge is 0.484 e. The number of ether oxygens (including phenoxy) is 1. The summed E-state index contributed by atoms with van der Waals surface area (Å²) in [6, 6.07) is 16.1. The van der Waals surface area contributed by atoms with Crippen LogP contribution in [-0.4, -0.2) is 28.0 Å². The van der Waals surface area contributed by atoms with Crippen molar-refractivity contribution in [3.63, 3.8) is 0 Å². The molecule has 0 bridgehead atoms. The first-order valence-electron chi connectivity index (χ1n) is 10.6. The lowest BCUT2D eigenvalue weighted by molar-refractivity contribution is -0.125. The Morgan fingerprint density at radius 1 is 1.09 bits per heavy atom. The summed E-state index contributed by atoms with van der Waals surface area (Å²) in [5.74, 6) is -0.111. The lowest BCUT2D eigenvalue weighted by Gasteiger charge is -2.31. The van der Waals surface area contributed by atoms with E-state index < -0.39 is 15.6 Å².